The van der Waals surface area contributed by atoms with Crippen molar-refractivity contribution < 1.29 is 5.11 Å². The Balaban J connectivity index is 2.63. The summed E-state index contributed by atoms with van der Waals surface area (Å²) in [5, 5.41) is 19.2. The molecular formula is C19H18ClNO. The van der Waals surface area contributed by atoms with E-state index in [1.165, 1.54) is 17.2 Å². The van der Waals surface area contributed by atoms with Crippen molar-refractivity contribution in [1.29, 1.82) is 5.26 Å². The van der Waals surface area contributed by atoms with Crippen LogP contribution in [-0.4, -0.2) is 5.11 Å². The van der Waals surface area contributed by atoms with Gasteiger partial charge in [-0.1, -0.05) is 48.0 Å². The van der Waals surface area contributed by atoms with Crippen LogP contribution in [0.5, 0.6) is 5.75 Å². The third kappa shape index (κ3) is 3.32. The maximum absolute atomic E-state index is 9.89. The lowest BCUT2D eigenvalue weighted by Gasteiger charge is -2.14. The number of hydrogen-bond donors (Lipinski definition) is 1. The summed E-state index contributed by atoms with van der Waals surface area (Å²) in [6.45, 7) is 8.02. The van der Waals surface area contributed by atoms with Gasteiger partial charge in [0.05, 0.1) is 17.5 Å². The molecular weight excluding hydrogens is 294 g/mol. The van der Waals surface area contributed by atoms with Gasteiger partial charge in [-0.15, -0.1) is 0 Å². The van der Waals surface area contributed by atoms with Crippen molar-refractivity contribution in [2.75, 3.05) is 0 Å². The molecule has 0 heterocycles. The van der Waals surface area contributed by atoms with Crippen LogP contribution in [0, 0.1) is 18.3 Å². The summed E-state index contributed by atoms with van der Waals surface area (Å²) in [7, 11) is 0. The molecule has 0 fully saturated rings. The predicted molar refractivity (Wildman–Crippen MR) is 91.1 cm³/mol. The summed E-state index contributed by atoms with van der Waals surface area (Å²) in [5.74, 6) is 0.0281. The number of nitriles is 1. The molecule has 0 saturated carbocycles. The molecule has 0 aliphatic heterocycles. The first-order valence-electron chi connectivity index (χ1n) is 7.05. The zero-order valence-corrected chi connectivity index (χ0v) is 13.5. The third-order valence-corrected chi connectivity index (χ3v) is 3.99. The minimum atomic E-state index is 0.0281. The van der Waals surface area contributed by atoms with Crippen LogP contribution >= 0.6 is 11.6 Å². The van der Waals surface area contributed by atoms with Crippen LogP contribution < -0.4 is 0 Å². The fourth-order valence-corrected chi connectivity index (χ4v) is 2.79. The van der Waals surface area contributed by atoms with Crippen LogP contribution in [0.2, 0.25) is 5.02 Å². The molecule has 0 aromatic heterocycles. The number of rotatable bonds is 4. The van der Waals surface area contributed by atoms with Crippen LogP contribution in [0.4, 0.5) is 0 Å². The second kappa shape index (κ2) is 6.68. The Morgan fingerprint density at radius 1 is 1.27 bits per heavy atom. The van der Waals surface area contributed by atoms with Crippen LogP contribution in [0.3, 0.4) is 0 Å². The Kier molecular flexibility index (Phi) is 4.90. The number of hydrogen-bond acceptors (Lipinski definition) is 2. The van der Waals surface area contributed by atoms with Gasteiger partial charge in [-0.2, -0.15) is 5.26 Å². The van der Waals surface area contributed by atoms with E-state index in [0.29, 0.717) is 0 Å². The second-order valence-corrected chi connectivity index (χ2v) is 5.92. The van der Waals surface area contributed by atoms with E-state index in [1.807, 2.05) is 19.1 Å². The second-order valence-electron chi connectivity index (χ2n) is 5.54. The van der Waals surface area contributed by atoms with Crippen LogP contribution in [0.1, 0.15) is 23.6 Å². The first-order chi connectivity index (χ1) is 10.4. The molecule has 0 atom stereocenters. The van der Waals surface area contributed by atoms with Gasteiger partial charge >= 0.3 is 0 Å². The highest BCUT2D eigenvalue weighted by Crippen LogP contribution is 2.38. The van der Waals surface area contributed by atoms with Gasteiger partial charge in [-0.25, -0.2) is 0 Å². The zero-order chi connectivity index (χ0) is 16.3. The monoisotopic (exact) mass is 311 g/mol. The average Bonchev–Trinajstić information content (AvgIpc) is 2.46. The molecule has 2 nitrogen and oxygen atoms in total. The molecule has 0 spiro atoms. The number of halogens is 1. The minimum Gasteiger partial charge on any atom is -0.506 e. The van der Waals surface area contributed by atoms with Gasteiger partial charge in [0.2, 0.25) is 0 Å². The molecule has 0 amide bonds. The van der Waals surface area contributed by atoms with Gasteiger partial charge in [-0.05, 0) is 48.6 Å². The SMILES string of the molecule is C=C(C)Cc1cc(-c2c(CC#N)ccc(O)c2Cl)ccc1C. The Labute approximate surface area is 136 Å². The topological polar surface area (TPSA) is 44.0 Å². The first kappa shape index (κ1) is 16.1. The van der Waals surface area contributed by atoms with E-state index in [4.69, 9.17) is 16.9 Å². The lowest BCUT2D eigenvalue weighted by molar-refractivity contribution is 0.475. The van der Waals surface area contributed by atoms with Crippen molar-refractivity contribution in [1.82, 2.24) is 0 Å². The van der Waals surface area contributed by atoms with E-state index < -0.39 is 0 Å². The van der Waals surface area contributed by atoms with Gasteiger partial charge in [-0.3, -0.25) is 0 Å². The molecule has 0 aliphatic rings. The van der Waals surface area contributed by atoms with Gasteiger partial charge in [0, 0.05) is 5.56 Å². The molecule has 0 radical (unpaired) electrons. The highest BCUT2D eigenvalue weighted by molar-refractivity contribution is 6.35. The van der Waals surface area contributed by atoms with Crippen molar-refractivity contribution in [3.63, 3.8) is 0 Å². The zero-order valence-electron chi connectivity index (χ0n) is 12.8. The summed E-state index contributed by atoms with van der Waals surface area (Å²) in [5.41, 5.74) is 5.89. The van der Waals surface area contributed by atoms with Crippen molar-refractivity contribution in [2.24, 2.45) is 0 Å². The third-order valence-electron chi connectivity index (χ3n) is 3.61. The Morgan fingerprint density at radius 3 is 2.64 bits per heavy atom. The quantitative estimate of drug-likeness (QED) is 0.788. The standard InChI is InChI=1S/C19H18ClNO/c1-12(2)10-16-11-15(5-4-13(16)3)18-14(8-9-21)6-7-17(22)19(18)20/h4-7,11,22H,1,8,10H2,2-3H3. The Morgan fingerprint density at radius 2 is 2.00 bits per heavy atom. The van der Waals surface area contributed by atoms with Crippen LogP contribution in [0.15, 0.2) is 42.5 Å². The van der Waals surface area contributed by atoms with Gasteiger partial charge in [0.25, 0.3) is 0 Å². The number of aryl methyl sites for hydroxylation is 1. The summed E-state index contributed by atoms with van der Waals surface area (Å²) in [6, 6.07) is 11.5. The lowest BCUT2D eigenvalue weighted by atomic mass is 9.93. The number of benzene rings is 2. The molecule has 3 heteroatoms. The van der Waals surface area contributed by atoms with Gasteiger partial charge in [0.1, 0.15) is 5.75 Å². The summed E-state index contributed by atoms with van der Waals surface area (Å²) in [4.78, 5) is 0. The Hall–Kier alpha value is -2.24. The number of nitrogens with zero attached hydrogens (tertiary/aromatic N) is 1. The van der Waals surface area contributed by atoms with Crippen molar-refractivity contribution in [2.45, 2.75) is 26.7 Å². The molecule has 0 unspecified atom stereocenters. The first-order valence-corrected chi connectivity index (χ1v) is 7.43. The van der Waals surface area contributed by atoms with Crippen molar-refractivity contribution in [3.05, 3.63) is 64.2 Å². The minimum absolute atomic E-state index is 0.0281. The molecule has 0 saturated heterocycles. The fourth-order valence-electron chi connectivity index (χ4n) is 2.49. The normalized spacial score (nSPS) is 10.3. The van der Waals surface area contributed by atoms with Crippen molar-refractivity contribution in [3.8, 4) is 22.9 Å². The average molecular weight is 312 g/mol. The van der Waals surface area contributed by atoms with Crippen LogP contribution in [-0.2, 0) is 12.8 Å². The molecule has 1 N–H and O–H groups in total. The van der Waals surface area contributed by atoms with Crippen LogP contribution in [0.25, 0.3) is 11.1 Å². The molecule has 22 heavy (non-hydrogen) atoms. The summed E-state index contributed by atoms with van der Waals surface area (Å²) < 4.78 is 0. The molecule has 0 aliphatic carbocycles. The number of aromatic hydroxyl groups is 1. The summed E-state index contributed by atoms with van der Waals surface area (Å²) in [6.07, 6.45) is 1.04. The number of phenolic OH excluding ortho intramolecular Hbond substituents is 1. The number of phenols is 1. The molecule has 0 bridgehead atoms. The van der Waals surface area contributed by atoms with Gasteiger partial charge in [0.15, 0.2) is 0 Å². The van der Waals surface area contributed by atoms with E-state index in [-0.39, 0.29) is 17.2 Å². The Bertz CT molecular complexity index is 772. The molecule has 2 aromatic rings. The predicted octanol–water partition coefficient (Wildman–Crippen LogP) is 5.21. The lowest BCUT2D eigenvalue weighted by Crippen LogP contribution is -1.95. The largest absolute Gasteiger partial charge is 0.506 e. The fraction of sp³-hybridized carbons (Fsp3) is 0.211. The maximum Gasteiger partial charge on any atom is 0.134 e. The van der Waals surface area contributed by atoms with E-state index in [2.05, 4.69) is 25.6 Å². The number of allylic oxidation sites excluding steroid dienone is 1. The summed E-state index contributed by atoms with van der Waals surface area (Å²) >= 11 is 6.29. The molecule has 2 aromatic carbocycles. The van der Waals surface area contributed by atoms with E-state index in [9.17, 15) is 5.11 Å². The van der Waals surface area contributed by atoms with E-state index in [1.54, 1.807) is 6.07 Å². The smallest absolute Gasteiger partial charge is 0.134 e. The maximum atomic E-state index is 9.89. The van der Waals surface area contributed by atoms with E-state index >= 15 is 0 Å². The van der Waals surface area contributed by atoms with Gasteiger partial charge < -0.3 is 5.11 Å². The van der Waals surface area contributed by atoms with Crippen molar-refractivity contribution >= 4 is 11.6 Å². The molecule has 2 rings (SSSR count). The highest BCUT2D eigenvalue weighted by Gasteiger charge is 2.14. The van der Waals surface area contributed by atoms with E-state index in [0.717, 1.165) is 28.7 Å². The molecule has 112 valence electrons. The highest BCUT2D eigenvalue weighted by atomic mass is 35.5.